The van der Waals surface area contributed by atoms with Gasteiger partial charge in [-0.1, -0.05) is 0 Å². The number of methoxy groups -OCH3 is 2. The summed E-state index contributed by atoms with van der Waals surface area (Å²) in [5.74, 6) is 0. The minimum atomic E-state index is -0.330. The topological polar surface area (TPSA) is 63.7 Å². The van der Waals surface area contributed by atoms with Crippen molar-refractivity contribution in [2.45, 2.75) is 6.29 Å². The molecule has 5 heteroatoms. The Labute approximate surface area is 87.8 Å². The number of aromatic nitrogens is 1. The highest BCUT2D eigenvalue weighted by atomic mass is 16.7. The van der Waals surface area contributed by atoms with Gasteiger partial charge in [0, 0.05) is 38.3 Å². The molecule has 0 aliphatic rings. The maximum Gasteiger partial charge on any atom is 0.247 e. The SMILES string of the molecule is COC(CN=Cc1ccc(=O)[nH]c1)OC. The molecule has 0 atom stereocenters. The van der Waals surface area contributed by atoms with Crippen molar-refractivity contribution in [2.24, 2.45) is 4.99 Å². The predicted octanol–water partition coefficient (Wildman–Crippen LogP) is 0.413. The van der Waals surface area contributed by atoms with E-state index in [0.717, 1.165) is 5.56 Å². The Kier molecular flexibility index (Phi) is 4.73. The number of nitrogens with one attached hydrogen (secondary N) is 1. The highest BCUT2D eigenvalue weighted by Gasteiger charge is 2.00. The largest absolute Gasteiger partial charge is 0.354 e. The fourth-order valence-electron chi connectivity index (χ4n) is 0.992. The molecule has 15 heavy (non-hydrogen) atoms. The predicted molar refractivity (Wildman–Crippen MR) is 57.3 cm³/mol. The average Bonchev–Trinajstić information content (AvgIpc) is 2.27. The van der Waals surface area contributed by atoms with Gasteiger partial charge in [0.2, 0.25) is 5.56 Å². The summed E-state index contributed by atoms with van der Waals surface area (Å²) in [5, 5.41) is 0. The molecule has 5 nitrogen and oxygen atoms in total. The van der Waals surface area contributed by atoms with Gasteiger partial charge in [-0.25, -0.2) is 0 Å². The third kappa shape index (κ3) is 4.05. The van der Waals surface area contributed by atoms with Crippen molar-refractivity contribution in [1.82, 2.24) is 4.98 Å². The first-order valence-corrected chi connectivity index (χ1v) is 4.50. The lowest BCUT2D eigenvalue weighted by Crippen LogP contribution is -2.16. The van der Waals surface area contributed by atoms with E-state index in [9.17, 15) is 4.79 Å². The molecule has 1 rings (SSSR count). The Morgan fingerprint density at radius 2 is 2.20 bits per heavy atom. The zero-order valence-electron chi connectivity index (χ0n) is 8.77. The molecule has 1 N–H and O–H groups in total. The second kappa shape index (κ2) is 6.10. The van der Waals surface area contributed by atoms with Crippen LogP contribution in [0.1, 0.15) is 5.56 Å². The van der Waals surface area contributed by atoms with Crippen LogP contribution in [-0.2, 0) is 9.47 Å². The third-order valence-electron chi connectivity index (χ3n) is 1.83. The number of hydrogen-bond donors (Lipinski definition) is 1. The van der Waals surface area contributed by atoms with Crippen LogP contribution in [0.15, 0.2) is 28.1 Å². The molecule has 0 aliphatic carbocycles. The van der Waals surface area contributed by atoms with Gasteiger partial charge in [-0.2, -0.15) is 0 Å². The molecular weight excluding hydrogens is 196 g/mol. The van der Waals surface area contributed by atoms with Gasteiger partial charge < -0.3 is 14.5 Å². The molecule has 1 aromatic heterocycles. The second-order valence-corrected chi connectivity index (χ2v) is 2.88. The number of rotatable bonds is 5. The van der Waals surface area contributed by atoms with Crippen LogP contribution in [0, 0.1) is 0 Å². The monoisotopic (exact) mass is 210 g/mol. The lowest BCUT2D eigenvalue weighted by molar-refractivity contribution is -0.0936. The third-order valence-corrected chi connectivity index (χ3v) is 1.83. The van der Waals surface area contributed by atoms with Crippen molar-refractivity contribution < 1.29 is 9.47 Å². The maximum absolute atomic E-state index is 10.8. The highest BCUT2D eigenvalue weighted by Crippen LogP contribution is 1.93. The van der Waals surface area contributed by atoms with E-state index in [-0.39, 0.29) is 11.8 Å². The zero-order valence-corrected chi connectivity index (χ0v) is 8.77. The van der Waals surface area contributed by atoms with E-state index in [1.165, 1.54) is 6.07 Å². The summed E-state index contributed by atoms with van der Waals surface area (Å²) in [7, 11) is 3.12. The summed E-state index contributed by atoms with van der Waals surface area (Å²) in [6, 6.07) is 3.14. The summed E-state index contributed by atoms with van der Waals surface area (Å²) >= 11 is 0. The standard InChI is InChI=1S/C10H14N2O3/c1-14-10(15-2)7-11-5-8-3-4-9(13)12-6-8/h3-6,10H,7H2,1-2H3,(H,12,13). The Bertz CT molecular complexity index is 349. The Balaban J connectivity index is 2.50. The van der Waals surface area contributed by atoms with Crippen molar-refractivity contribution in [3.63, 3.8) is 0 Å². The first kappa shape index (κ1) is 11.6. The van der Waals surface area contributed by atoms with Crippen LogP contribution >= 0.6 is 0 Å². The number of aliphatic imine (C=N–C) groups is 1. The fraction of sp³-hybridized carbons (Fsp3) is 0.400. The summed E-state index contributed by atoms with van der Waals surface area (Å²) in [5.41, 5.74) is 0.708. The van der Waals surface area contributed by atoms with Crippen molar-refractivity contribution in [1.29, 1.82) is 0 Å². The number of hydrogen-bond acceptors (Lipinski definition) is 4. The van der Waals surface area contributed by atoms with Crippen LogP contribution in [0.3, 0.4) is 0 Å². The lowest BCUT2D eigenvalue weighted by atomic mass is 10.3. The van der Waals surface area contributed by atoms with Gasteiger partial charge in [0.1, 0.15) is 0 Å². The highest BCUT2D eigenvalue weighted by molar-refractivity contribution is 5.78. The molecule has 0 fully saturated rings. The van der Waals surface area contributed by atoms with E-state index in [2.05, 4.69) is 9.98 Å². The quantitative estimate of drug-likeness (QED) is 0.565. The van der Waals surface area contributed by atoms with Gasteiger partial charge in [-0.15, -0.1) is 0 Å². The number of aromatic amines is 1. The van der Waals surface area contributed by atoms with Gasteiger partial charge in [-0.05, 0) is 6.07 Å². The van der Waals surface area contributed by atoms with Crippen molar-refractivity contribution >= 4 is 6.21 Å². The number of H-pyrrole nitrogens is 1. The van der Waals surface area contributed by atoms with Gasteiger partial charge in [0.25, 0.3) is 0 Å². The summed E-state index contributed by atoms with van der Waals surface area (Å²) < 4.78 is 9.93. The van der Waals surface area contributed by atoms with Crippen LogP contribution < -0.4 is 5.56 Å². The van der Waals surface area contributed by atoms with Gasteiger partial charge in [-0.3, -0.25) is 9.79 Å². The first-order valence-electron chi connectivity index (χ1n) is 4.50. The van der Waals surface area contributed by atoms with Crippen LogP contribution in [0.4, 0.5) is 0 Å². The zero-order chi connectivity index (χ0) is 11.1. The van der Waals surface area contributed by atoms with Crippen LogP contribution in [0.25, 0.3) is 0 Å². The fourth-order valence-corrected chi connectivity index (χ4v) is 0.992. The van der Waals surface area contributed by atoms with E-state index in [0.29, 0.717) is 6.54 Å². The Hall–Kier alpha value is -1.46. The lowest BCUT2D eigenvalue weighted by Gasteiger charge is -2.09. The van der Waals surface area contributed by atoms with Gasteiger partial charge >= 0.3 is 0 Å². The molecule has 0 unspecified atom stereocenters. The van der Waals surface area contributed by atoms with E-state index >= 15 is 0 Å². The van der Waals surface area contributed by atoms with Crippen LogP contribution in [0.5, 0.6) is 0 Å². The molecule has 0 spiro atoms. The van der Waals surface area contributed by atoms with E-state index in [1.807, 2.05) is 0 Å². The van der Waals surface area contributed by atoms with Crippen molar-refractivity contribution in [3.8, 4) is 0 Å². The Morgan fingerprint density at radius 3 is 2.73 bits per heavy atom. The van der Waals surface area contributed by atoms with Crippen molar-refractivity contribution in [2.75, 3.05) is 20.8 Å². The molecule has 1 aromatic rings. The molecule has 1 heterocycles. The molecule has 0 aliphatic heterocycles. The Morgan fingerprint density at radius 1 is 1.47 bits per heavy atom. The molecule has 0 aromatic carbocycles. The maximum atomic E-state index is 10.8. The molecule has 0 amide bonds. The normalized spacial score (nSPS) is 11.4. The average molecular weight is 210 g/mol. The number of nitrogens with zero attached hydrogens (tertiary/aromatic N) is 1. The number of ether oxygens (including phenoxy) is 2. The van der Waals surface area contributed by atoms with Crippen LogP contribution in [-0.4, -0.2) is 38.3 Å². The molecule has 0 saturated heterocycles. The van der Waals surface area contributed by atoms with Gasteiger partial charge in [0.15, 0.2) is 6.29 Å². The molecule has 0 bridgehead atoms. The van der Waals surface area contributed by atoms with E-state index in [1.54, 1.807) is 32.7 Å². The summed E-state index contributed by atoms with van der Waals surface area (Å²) in [6.07, 6.45) is 2.92. The smallest absolute Gasteiger partial charge is 0.247 e. The minimum absolute atomic E-state index is 0.126. The molecule has 0 radical (unpaired) electrons. The molecular formula is C10H14N2O3. The minimum Gasteiger partial charge on any atom is -0.354 e. The second-order valence-electron chi connectivity index (χ2n) is 2.88. The van der Waals surface area contributed by atoms with Crippen molar-refractivity contribution in [3.05, 3.63) is 34.2 Å². The first-order chi connectivity index (χ1) is 7.26. The van der Waals surface area contributed by atoms with Crippen LogP contribution in [0.2, 0.25) is 0 Å². The van der Waals surface area contributed by atoms with Gasteiger partial charge in [0.05, 0.1) is 6.54 Å². The summed E-state index contributed by atoms with van der Waals surface area (Å²) in [4.78, 5) is 17.4. The summed E-state index contributed by atoms with van der Waals surface area (Å²) in [6.45, 7) is 0.423. The van der Waals surface area contributed by atoms with E-state index in [4.69, 9.17) is 9.47 Å². The molecule has 0 saturated carbocycles. The number of pyridine rings is 1. The molecule has 82 valence electrons. The van der Waals surface area contributed by atoms with E-state index < -0.39 is 0 Å².